The Kier molecular flexibility index (Phi) is 6.42. The zero-order chi connectivity index (χ0) is 21.0. The lowest BCUT2D eigenvalue weighted by molar-refractivity contribution is 0.174. The summed E-state index contributed by atoms with van der Waals surface area (Å²) in [5, 5.41) is 4.12. The summed E-state index contributed by atoms with van der Waals surface area (Å²) in [5.74, 6) is 1.45. The Bertz CT molecular complexity index is 1130. The fourth-order valence-corrected chi connectivity index (χ4v) is 5.47. The average molecular weight is 489 g/mol. The van der Waals surface area contributed by atoms with Crippen molar-refractivity contribution in [3.63, 3.8) is 0 Å². The van der Waals surface area contributed by atoms with Crippen LogP contribution in [0.25, 0.3) is 17.0 Å². The number of ether oxygens (including phenoxy) is 2. The van der Waals surface area contributed by atoms with E-state index in [0.717, 1.165) is 32.4 Å². The summed E-state index contributed by atoms with van der Waals surface area (Å²) < 4.78 is 30.8. The van der Waals surface area contributed by atoms with Gasteiger partial charge in [0, 0.05) is 22.2 Å². The van der Waals surface area contributed by atoms with Gasteiger partial charge in [-0.25, -0.2) is 0 Å². The predicted molar refractivity (Wildman–Crippen MR) is 123 cm³/mol. The number of allylic oxidation sites excluding steroid dienone is 1. The van der Waals surface area contributed by atoms with Crippen LogP contribution in [-0.4, -0.2) is 24.5 Å². The first-order chi connectivity index (χ1) is 14.6. The van der Waals surface area contributed by atoms with Gasteiger partial charge < -0.3 is 19.1 Å². The molecule has 4 rings (SSSR count). The van der Waals surface area contributed by atoms with Crippen molar-refractivity contribution in [2.45, 2.75) is 13.3 Å². The van der Waals surface area contributed by atoms with Crippen LogP contribution < -0.4 is 14.6 Å². The largest absolute Gasteiger partial charge is 0.454 e. The number of aromatic nitrogens is 1. The minimum atomic E-state index is -3.09. The second-order valence-corrected chi connectivity index (χ2v) is 9.86. The van der Waals surface area contributed by atoms with Crippen molar-refractivity contribution in [2.75, 3.05) is 24.6 Å². The van der Waals surface area contributed by atoms with Gasteiger partial charge in [0.1, 0.15) is 0 Å². The summed E-state index contributed by atoms with van der Waals surface area (Å²) in [4.78, 5) is 4.42. The normalized spacial score (nSPS) is 14.9. The molecule has 3 aromatic rings. The number of fused-ring (bicyclic) bond motifs is 2. The number of halogens is 1. The molecular weight excluding hydrogens is 467 g/mol. The first-order valence-electron chi connectivity index (χ1n) is 9.69. The first-order valence-corrected chi connectivity index (χ1v) is 12.3. The van der Waals surface area contributed by atoms with E-state index in [4.69, 9.17) is 14.0 Å². The van der Waals surface area contributed by atoms with Gasteiger partial charge in [0.05, 0.1) is 17.8 Å². The number of pyridine rings is 1. The molecule has 8 heteroatoms. The van der Waals surface area contributed by atoms with Crippen LogP contribution in [0.1, 0.15) is 18.9 Å². The number of nitrogens with one attached hydrogen (secondary N) is 1. The van der Waals surface area contributed by atoms with E-state index >= 15 is 0 Å². The quantitative estimate of drug-likeness (QED) is 0.366. The molecular formula is C22H22BrN2O4P. The lowest BCUT2D eigenvalue weighted by Crippen LogP contribution is -2.05. The molecule has 0 bridgehead atoms. The van der Waals surface area contributed by atoms with Crippen molar-refractivity contribution in [1.82, 2.24) is 4.98 Å². The van der Waals surface area contributed by atoms with Crippen molar-refractivity contribution >= 4 is 46.1 Å². The molecule has 1 unspecified atom stereocenters. The molecule has 2 heterocycles. The Morgan fingerprint density at radius 1 is 1.23 bits per heavy atom. The van der Waals surface area contributed by atoms with Crippen LogP contribution in [0.3, 0.4) is 0 Å². The van der Waals surface area contributed by atoms with Crippen LogP contribution in [0.5, 0.6) is 11.5 Å². The van der Waals surface area contributed by atoms with Crippen molar-refractivity contribution in [1.29, 1.82) is 0 Å². The Labute approximate surface area is 183 Å². The molecule has 1 atom stereocenters. The maximum Gasteiger partial charge on any atom is 0.294 e. The molecule has 30 heavy (non-hydrogen) atoms. The highest BCUT2D eigenvalue weighted by molar-refractivity contribution is 9.10. The maximum absolute atomic E-state index is 13.4. The van der Waals surface area contributed by atoms with Crippen molar-refractivity contribution in [3.05, 3.63) is 64.8 Å². The number of hydrogen-bond acceptors (Lipinski definition) is 5. The number of benzene rings is 2. The Balaban J connectivity index is 1.47. The average Bonchev–Trinajstić information content (AvgIpc) is 3.19. The fraction of sp³-hybridized carbons (Fsp3) is 0.227. The molecule has 0 fully saturated rings. The summed E-state index contributed by atoms with van der Waals surface area (Å²) in [6, 6.07) is 13.4. The summed E-state index contributed by atoms with van der Waals surface area (Å²) in [5.41, 5.74) is 2.46. The number of rotatable bonds is 8. The first kappa shape index (κ1) is 20.9. The van der Waals surface area contributed by atoms with Crippen molar-refractivity contribution in [3.8, 4) is 11.5 Å². The third-order valence-corrected chi connectivity index (χ3v) is 7.43. The van der Waals surface area contributed by atoms with Crippen molar-refractivity contribution in [2.24, 2.45) is 0 Å². The van der Waals surface area contributed by atoms with Crippen molar-refractivity contribution < 1.29 is 18.6 Å². The van der Waals surface area contributed by atoms with E-state index in [2.05, 4.69) is 26.0 Å². The molecule has 0 saturated heterocycles. The Morgan fingerprint density at radius 2 is 2.03 bits per heavy atom. The molecule has 0 saturated carbocycles. The summed E-state index contributed by atoms with van der Waals surface area (Å²) >= 11 is 3.55. The Morgan fingerprint density at radius 3 is 2.87 bits per heavy atom. The molecule has 156 valence electrons. The third-order valence-electron chi connectivity index (χ3n) is 4.64. The van der Waals surface area contributed by atoms with E-state index in [9.17, 15) is 4.57 Å². The second-order valence-electron chi connectivity index (χ2n) is 6.73. The lowest BCUT2D eigenvalue weighted by atomic mass is 10.2. The highest BCUT2D eigenvalue weighted by Gasteiger charge is 2.23. The van der Waals surface area contributed by atoms with Gasteiger partial charge in [-0.2, -0.15) is 0 Å². The number of nitrogens with zero attached hydrogens (tertiary/aromatic N) is 1. The molecule has 0 amide bonds. The van der Waals surface area contributed by atoms with Gasteiger partial charge in [-0.3, -0.25) is 9.55 Å². The van der Waals surface area contributed by atoms with Crippen LogP contribution in [0, 0.1) is 0 Å². The molecule has 1 aromatic heterocycles. The zero-order valence-corrected chi connectivity index (χ0v) is 19.0. The standard InChI is InChI=1S/C22H22BrN2O4P/c1-2-29-30(26,25-19-10-5-8-16-9-6-11-24-22(16)19)12-4-3-7-17-13-20-21(14-18(17)23)28-15-27-20/h3,5-11,13-14H,2,4,12,15H2,1H3,(H,25,26)/b7-3+. The third kappa shape index (κ3) is 4.69. The molecule has 1 N–H and O–H groups in total. The molecule has 2 aromatic carbocycles. The molecule has 1 aliphatic rings. The van der Waals surface area contributed by atoms with Crippen LogP contribution in [0.2, 0.25) is 0 Å². The second kappa shape index (κ2) is 9.21. The van der Waals surface area contributed by atoms with E-state index in [1.165, 1.54) is 0 Å². The molecule has 0 spiro atoms. The molecule has 0 radical (unpaired) electrons. The minimum Gasteiger partial charge on any atom is -0.454 e. The minimum absolute atomic E-state index is 0.237. The van der Waals surface area contributed by atoms with Gasteiger partial charge >= 0.3 is 0 Å². The van der Waals surface area contributed by atoms with Gasteiger partial charge in [-0.1, -0.05) is 46.3 Å². The van der Waals surface area contributed by atoms with Crippen LogP contribution in [-0.2, 0) is 9.09 Å². The van der Waals surface area contributed by atoms with E-state index in [1.807, 2.05) is 61.5 Å². The summed E-state index contributed by atoms with van der Waals surface area (Å²) in [7, 11) is -3.09. The lowest BCUT2D eigenvalue weighted by Gasteiger charge is -2.20. The molecule has 0 aliphatic carbocycles. The molecule has 1 aliphatic heterocycles. The highest BCUT2D eigenvalue weighted by atomic mass is 79.9. The SMILES string of the molecule is CCOP(=O)(CC/C=C/c1cc2c(cc1Br)OCO2)Nc1cccc2cccnc12. The molecule has 6 nitrogen and oxygen atoms in total. The summed E-state index contributed by atoms with van der Waals surface area (Å²) in [6.45, 7) is 2.44. The zero-order valence-electron chi connectivity index (χ0n) is 16.5. The number of para-hydroxylation sites is 1. The van der Waals surface area contributed by atoms with E-state index in [-0.39, 0.29) is 6.79 Å². The Hall–Kier alpha value is -2.34. The van der Waals surface area contributed by atoms with E-state index in [0.29, 0.717) is 24.9 Å². The smallest absolute Gasteiger partial charge is 0.294 e. The maximum atomic E-state index is 13.4. The van der Waals surface area contributed by atoms with Gasteiger partial charge in [0.25, 0.3) is 7.52 Å². The van der Waals surface area contributed by atoms with Gasteiger partial charge in [-0.15, -0.1) is 0 Å². The monoisotopic (exact) mass is 488 g/mol. The van der Waals surface area contributed by atoms with Gasteiger partial charge in [0.15, 0.2) is 11.5 Å². The number of anilines is 1. The van der Waals surface area contributed by atoms with Gasteiger partial charge in [0.2, 0.25) is 6.79 Å². The van der Waals surface area contributed by atoms with E-state index < -0.39 is 7.52 Å². The highest BCUT2D eigenvalue weighted by Crippen LogP contribution is 2.48. The van der Waals surface area contributed by atoms with E-state index in [1.54, 1.807) is 6.20 Å². The topological polar surface area (TPSA) is 69.7 Å². The predicted octanol–water partition coefficient (Wildman–Crippen LogP) is 6.47. The van der Waals surface area contributed by atoms with Gasteiger partial charge in [-0.05, 0) is 43.2 Å². The van der Waals surface area contributed by atoms with Crippen LogP contribution >= 0.6 is 23.4 Å². The van der Waals surface area contributed by atoms with Crippen LogP contribution in [0.15, 0.2) is 59.2 Å². The van der Waals surface area contributed by atoms with Crippen LogP contribution in [0.4, 0.5) is 5.69 Å². The fourth-order valence-electron chi connectivity index (χ4n) is 3.25. The number of hydrogen-bond donors (Lipinski definition) is 1. The summed E-state index contributed by atoms with van der Waals surface area (Å²) in [6.07, 6.45) is 6.63.